The predicted molar refractivity (Wildman–Crippen MR) is 78.4 cm³/mol. The van der Waals surface area contributed by atoms with Crippen LogP contribution in [0, 0.1) is 0 Å². The van der Waals surface area contributed by atoms with E-state index in [0.717, 1.165) is 31.6 Å². The van der Waals surface area contributed by atoms with Crippen LogP contribution in [0.1, 0.15) is 30.9 Å². The van der Waals surface area contributed by atoms with E-state index in [2.05, 4.69) is 24.1 Å². The Morgan fingerprint density at radius 1 is 1.21 bits per heavy atom. The molecule has 0 amide bonds. The molecule has 0 aromatic heterocycles. The molecule has 1 aromatic rings. The van der Waals surface area contributed by atoms with Crippen LogP contribution < -0.4 is 10.5 Å². The number of ether oxygens (including phenoxy) is 1. The van der Waals surface area contributed by atoms with E-state index < -0.39 is 0 Å². The lowest BCUT2D eigenvalue weighted by molar-refractivity contribution is 0.236. The van der Waals surface area contributed by atoms with Gasteiger partial charge in [0.05, 0.1) is 7.11 Å². The fraction of sp³-hybridized carbons (Fsp3) is 0.600. The zero-order valence-corrected chi connectivity index (χ0v) is 12.0. The van der Waals surface area contributed by atoms with Crippen LogP contribution in [0.4, 0.5) is 0 Å². The van der Waals surface area contributed by atoms with Crippen molar-refractivity contribution in [2.24, 2.45) is 5.73 Å². The number of unbranched alkanes of at least 4 members (excludes halogenated alkanes) is 2. The van der Waals surface area contributed by atoms with Gasteiger partial charge in [0.25, 0.3) is 0 Å². The maximum absolute atomic E-state index is 8.77. The number of rotatable bonds is 9. The Kier molecular flexibility index (Phi) is 7.48. The second kappa shape index (κ2) is 8.91. The van der Waals surface area contributed by atoms with E-state index in [9.17, 15) is 0 Å². The van der Waals surface area contributed by atoms with Gasteiger partial charge in [-0.25, -0.2) is 0 Å². The molecule has 1 aromatic carbocycles. The second-order valence-electron chi connectivity index (χ2n) is 4.79. The van der Waals surface area contributed by atoms with Crippen molar-refractivity contribution in [2.75, 3.05) is 33.9 Å². The molecule has 108 valence electrons. The van der Waals surface area contributed by atoms with Crippen LogP contribution >= 0.6 is 0 Å². The van der Waals surface area contributed by atoms with Gasteiger partial charge in [0.1, 0.15) is 5.75 Å². The number of aliphatic hydroxyl groups excluding tert-OH is 1. The lowest BCUT2D eigenvalue weighted by atomic mass is 10.1. The van der Waals surface area contributed by atoms with Crippen molar-refractivity contribution in [1.82, 2.24) is 4.90 Å². The molecule has 0 spiro atoms. The van der Waals surface area contributed by atoms with E-state index in [1.54, 1.807) is 7.11 Å². The first-order chi connectivity index (χ1) is 9.22. The highest BCUT2D eigenvalue weighted by Gasteiger charge is 2.14. The van der Waals surface area contributed by atoms with Crippen molar-refractivity contribution in [3.05, 3.63) is 29.8 Å². The molecule has 4 heteroatoms. The zero-order chi connectivity index (χ0) is 14.1. The maximum Gasteiger partial charge on any atom is 0.118 e. The molecule has 1 unspecified atom stereocenters. The standard InChI is InChI=1S/C15H26N2O2/c1-17(10-4-3-5-11-18)15(12-16)13-6-8-14(19-2)9-7-13/h6-9,15,18H,3-5,10-12,16H2,1-2H3. The molecule has 0 radical (unpaired) electrons. The van der Waals surface area contributed by atoms with Gasteiger partial charge in [-0.2, -0.15) is 0 Å². The first-order valence-corrected chi connectivity index (χ1v) is 6.88. The lowest BCUT2D eigenvalue weighted by Crippen LogP contribution is -2.31. The molecule has 19 heavy (non-hydrogen) atoms. The number of benzene rings is 1. The summed E-state index contributed by atoms with van der Waals surface area (Å²) >= 11 is 0. The molecular formula is C15H26N2O2. The molecule has 0 saturated heterocycles. The Morgan fingerprint density at radius 3 is 2.42 bits per heavy atom. The Bertz CT molecular complexity index is 341. The van der Waals surface area contributed by atoms with Crippen molar-refractivity contribution in [2.45, 2.75) is 25.3 Å². The average molecular weight is 266 g/mol. The molecule has 4 nitrogen and oxygen atoms in total. The Balaban J connectivity index is 2.54. The van der Waals surface area contributed by atoms with Crippen molar-refractivity contribution < 1.29 is 9.84 Å². The fourth-order valence-corrected chi connectivity index (χ4v) is 2.20. The first-order valence-electron chi connectivity index (χ1n) is 6.88. The Labute approximate surface area is 116 Å². The molecule has 0 fully saturated rings. The van der Waals surface area contributed by atoms with Crippen LogP contribution in [-0.2, 0) is 0 Å². The van der Waals surface area contributed by atoms with Crippen LogP contribution in [0.25, 0.3) is 0 Å². The van der Waals surface area contributed by atoms with Gasteiger partial charge in [0, 0.05) is 19.2 Å². The number of hydrogen-bond donors (Lipinski definition) is 2. The number of nitrogens with zero attached hydrogens (tertiary/aromatic N) is 1. The minimum absolute atomic E-state index is 0.236. The first kappa shape index (κ1) is 16.0. The molecular weight excluding hydrogens is 240 g/mol. The zero-order valence-electron chi connectivity index (χ0n) is 12.0. The molecule has 0 aliphatic heterocycles. The van der Waals surface area contributed by atoms with Gasteiger partial charge >= 0.3 is 0 Å². The third-order valence-electron chi connectivity index (χ3n) is 3.42. The highest BCUT2D eigenvalue weighted by Crippen LogP contribution is 2.21. The summed E-state index contributed by atoms with van der Waals surface area (Å²) in [5.74, 6) is 0.866. The molecule has 0 aliphatic rings. The number of hydrogen-bond acceptors (Lipinski definition) is 4. The van der Waals surface area contributed by atoms with Crippen molar-refractivity contribution >= 4 is 0 Å². The smallest absolute Gasteiger partial charge is 0.118 e. The number of aliphatic hydroxyl groups is 1. The summed E-state index contributed by atoms with van der Waals surface area (Å²) in [6.45, 7) is 1.87. The number of nitrogens with two attached hydrogens (primary N) is 1. The van der Waals surface area contributed by atoms with E-state index >= 15 is 0 Å². The van der Waals surface area contributed by atoms with Gasteiger partial charge in [-0.15, -0.1) is 0 Å². The molecule has 0 bridgehead atoms. The molecule has 0 heterocycles. The monoisotopic (exact) mass is 266 g/mol. The lowest BCUT2D eigenvalue weighted by Gasteiger charge is -2.27. The van der Waals surface area contributed by atoms with Crippen LogP contribution in [0.5, 0.6) is 5.75 Å². The molecule has 0 aliphatic carbocycles. The van der Waals surface area contributed by atoms with E-state index in [1.165, 1.54) is 5.56 Å². The highest BCUT2D eigenvalue weighted by molar-refractivity contribution is 5.29. The van der Waals surface area contributed by atoms with Crippen molar-refractivity contribution in [3.63, 3.8) is 0 Å². The third kappa shape index (κ3) is 5.19. The molecule has 1 atom stereocenters. The van der Waals surface area contributed by atoms with Gasteiger partial charge in [0.2, 0.25) is 0 Å². The van der Waals surface area contributed by atoms with Gasteiger partial charge in [-0.3, -0.25) is 4.90 Å². The minimum atomic E-state index is 0.236. The van der Waals surface area contributed by atoms with Gasteiger partial charge < -0.3 is 15.6 Å². The Morgan fingerprint density at radius 2 is 1.89 bits per heavy atom. The van der Waals surface area contributed by atoms with E-state index in [4.69, 9.17) is 15.6 Å². The predicted octanol–water partition coefficient (Wildman–Crippen LogP) is 1.79. The normalized spacial score (nSPS) is 12.7. The summed E-state index contributed by atoms with van der Waals surface area (Å²) in [5, 5.41) is 8.77. The molecule has 1 rings (SSSR count). The fourth-order valence-electron chi connectivity index (χ4n) is 2.20. The van der Waals surface area contributed by atoms with Crippen molar-refractivity contribution in [3.8, 4) is 5.75 Å². The van der Waals surface area contributed by atoms with E-state index in [-0.39, 0.29) is 12.6 Å². The number of methoxy groups -OCH3 is 1. The van der Waals surface area contributed by atoms with Crippen LogP contribution in [0.2, 0.25) is 0 Å². The second-order valence-corrected chi connectivity index (χ2v) is 4.79. The highest BCUT2D eigenvalue weighted by atomic mass is 16.5. The van der Waals surface area contributed by atoms with Crippen LogP contribution in [-0.4, -0.2) is 43.9 Å². The van der Waals surface area contributed by atoms with E-state index in [0.29, 0.717) is 6.54 Å². The van der Waals surface area contributed by atoms with Gasteiger partial charge in [-0.1, -0.05) is 12.1 Å². The summed E-state index contributed by atoms with van der Waals surface area (Å²) in [5.41, 5.74) is 7.11. The minimum Gasteiger partial charge on any atom is -0.497 e. The SMILES string of the molecule is COc1ccc(C(CN)N(C)CCCCCO)cc1. The third-order valence-corrected chi connectivity index (χ3v) is 3.42. The Hall–Kier alpha value is -1.10. The summed E-state index contributed by atoms with van der Waals surface area (Å²) in [6, 6.07) is 8.32. The molecule has 0 saturated carbocycles. The summed E-state index contributed by atoms with van der Waals surface area (Å²) in [4.78, 5) is 2.28. The summed E-state index contributed by atoms with van der Waals surface area (Å²) in [6.07, 6.45) is 3.02. The van der Waals surface area contributed by atoms with Gasteiger partial charge in [0.15, 0.2) is 0 Å². The van der Waals surface area contributed by atoms with Crippen LogP contribution in [0.15, 0.2) is 24.3 Å². The summed E-state index contributed by atoms with van der Waals surface area (Å²) < 4.78 is 5.17. The summed E-state index contributed by atoms with van der Waals surface area (Å²) in [7, 11) is 3.77. The quantitative estimate of drug-likeness (QED) is 0.669. The van der Waals surface area contributed by atoms with Crippen LogP contribution in [0.3, 0.4) is 0 Å². The topological polar surface area (TPSA) is 58.7 Å². The maximum atomic E-state index is 8.77. The average Bonchev–Trinajstić information content (AvgIpc) is 2.45. The molecule has 3 N–H and O–H groups in total. The number of likely N-dealkylation sites (N-methyl/N-ethyl adjacent to an activating group) is 1. The largest absolute Gasteiger partial charge is 0.497 e. The van der Waals surface area contributed by atoms with Gasteiger partial charge in [-0.05, 0) is 50.6 Å². The van der Waals surface area contributed by atoms with Crippen molar-refractivity contribution in [1.29, 1.82) is 0 Å². The van der Waals surface area contributed by atoms with E-state index in [1.807, 2.05) is 12.1 Å².